The molecule has 0 radical (unpaired) electrons. The van der Waals surface area contributed by atoms with Crippen LogP contribution in [-0.4, -0.2) is 36.9 Å². The van der Waals surface area contributed by atoms with Crippen LogP contribution in [0.15, 0.2) is 48.5 Å². The van der Waals surface area contributed by atoms with E-state index >= 15 is 0 Å². The molecule has 2 heterocycles. The van der Waals surface area contributed by atoms with E-state index in [0.29, 0.717) is 36.9 Å². The zero-order chi connectivity index (χ0) is 17.8. The van der Waals surface area contributed by atoms with Gasteiger partial charge in [0, 0.05) is 24.8 Å². The smallest absolute Gasteiger partial charge is 0.321 e. The topological polar surface area (TPSA) is 60.0 Å². The minimum absolute atomic E-state index is 0.0922. The molecule has 0 saturated carbocycles. The van der Waals surface area contributed by atoms with Crippen LogP contribution >= 0.6 is 0 Å². The number of anilines is 1. The van der Waals surface area contributed by atoms with Crippen molar-refractivity contribution in [2.45, 2.75) is 25.6 Å². The molecule has 136 valence electrons. The molecule has 0 unspecified atom stereocenters. The Morgan fingerprint density at radius 3 is 2.65 bits per heavy atom. The summed E-state index contributed by atoms with van der Waals surface area (Å²) in [6, 6.07) is 15.5. The van der Waals surface area contributed by atoms with E-state index in [1.165, 1.54) is 5.56 Å². The molecule has 0 aromatic heterocycles. The monoisotopic (exact) mass is 354 g/mol. The molecule has 2 amide bonds. The van der Waals surface area contributed by atoms with E-state index in [4.69, 9.17) is 14.2 Å². The number of piperidine rings is 1. The fourth-order valence-electron chi connectivity index (χ4n) is 3.19. The highest BCUT2D eigenvalue weighted by molar-refractivity contribution is 5.89. The highest BCUT2D eigenvalue weighted by atomic mass is 16.7. The summed E-state index contributed by atoms with van der Waals surface area (Å²) in [4.78, 5) is 14.3. The number of rotatable bonds is 4. The predicted molar refractivity (Wildman–Crippen MR) is 97.4 cm³/mol. The average molecular weight is 354 g/mol. The standard InChI is InChI=1S/C20H22N2O4/c23-20(21-16-6-7-18-19(12-16)26-14-25-18)22-10-8-17(9-11-22)24-13-15-4-2-1-3-5-15/h1-7,12,17H,8-11,13-14H2,(H,21,23). The molecule has 2 aromatic carbocycles. The first-order valence-corrected chi connectivity index (χ1v) is 8.89. The van der Waals surface area contributed by atoms with Crippen LogP contribution in [0.2, 0.25) is 0 Å². The number of carbonyl (C=O) groups excluding carboxylic acids is 1. The second kappa shape index (κ2) is 7.66. The molecule has 1 fully saturated rings. The van der Waals surface area contributed by atoms with Gasteiger partial charge in [-0.3, -0.25) is 0 Å². The minimum atomic E-state index is -0.0922. The number of ether oxygens (including phenoxy) is 3. The third-order valence-corrected chi connectivity index (χ3v) is 4.68. The van der Waals surface area contributed by atoms with Gasteiger partial charge in [-0.2, -0.15) is 0 Å². The number of hydrogen-bond donors (Lipinski definition) is 1. The number of likely N-dealkylation sites (tertiary alicyclic amines) is 1. The number of amides is 2. The van der Waals surface area contributed by atoms with E-state index in [9.17, 15) is 4.79 Å². The maximum Gasteiger partial charge on any atom is 0.321 e. The van der Waals surface area contributed by atoms with Crippen molar-refractivity contribution >= 4 is 11.7 Å². The first-order chi connectivity index (χ1) is 12.8. The molecule has 1 saturated heterocycles. The van der Waals surface area contributed by atoms with Crippen LogP contribution < -0.4 is 14.8 Å². The first kappa shape index (κ1) is 16.7. The lowest BCUT2D eigenvalue weighted by molar-refractivity contribution is 0.00540. The van der Waals surface area contributed by atoms with Gasteiger partial charge in [-0.15, -0.1) is 0 Å². The lowest BCUT2D eigenvalue weighted by atomic mass is 10.1. The van der Waals surface area contributed by atoms with Crippen molar-refractivity contribution in [2.24, 2.45) is 0 Å². The van der Waals surface area contributed by atoms with E-state index < -0.39 is 0 Å². The Hall–Kier alpha value is -2.73. The van der Waals surface area contributed by atoms with Gasteiger partial charge < -0.3 is 24.4 Å². The number of fused-ring (bicyclic) bond motifs is 1. The lowest BCUT2D eigenvalue weighted by Crippen LogP contribution is -2.43. The summed E-state index contributed by atoms with van der Waals surface area (Å²) in [6.07, 6.45) is 1.90. The number of nitrogens with one attached hydrogen (secondary N) is 1. The summed E-state index contributed by atoms with van der Waals surface area (Å²) < 4.78 is 16.6. The molecule has 2 aromatic rings. The number of hydrogen-bond acceptors (Lipinski definition) is 4. The van der Waals surface area contributed by atoms with Gasteiger partial charge in [-0.05, 0) is 30.5 Å². The summed E-state index contributed by atoms with van der Waals surface area (Å²) in [6.45, 7) is 2.23. The third-order valence-electron chi connectivity index (χ3n) is 4.68. The highest BCUT2D eigenvalue weighted by Crippen LogP contribution is 2.34. The maximum absolute atomic E-state index is 12.5. The molecule has 26 heavy (non-hydrogen) atoms. The fraction of sp³-hybridized carbons (Fsp3) is 0.350. The number of benzene rings is 2. The Labute approximate surface area is 152 Å². The van der Waals surface area contributed by atoms with Crippen LogP contribution in [0.4, 0.5) is 10.5 Å². The second-order valence-corrected chi connectivity index (χ2v) is 6.48. The zero-order valence-electron chi connectivity index (χ0n) is 14.5. The molecule has 4 rings (SSSR count). The van der Waals surface area contributed by atoms with E-state index in [0.717, 1.165) is 12.8 Å². The maximum atomic E-state index is 12.5. The van der Waals surface area contributed by atoms with Gasteiger partial charge in [-0.1, -0.05) is 30.3 Å². The SMILES string of the molecule is O=C(Nc1ccc2c(c1)OCO2)N1CCC(OCc2ccccc2)CC1. The van der Waals surface area contributed by atoms with Crippen molar-refractivity contribution < 1.29 is 19.0 Å². The minimum Gasteiger partial charge on any atom is -0.454 e. The van der Waals surface area contributed by atoms with Gasteiger partial charge in [-0.25, -0.2) is 4.79 Å². The van der Waals surface area contributed by atoms with Crippen LogP contribution in [-0.2, 0) is 11.3 Å². The molecular formula is C20H22N2O4. The summed E-state index contributed by atoms with van der Waals surface area (Å²) in [7, 11) is 0. The van der Waals surface area contributed by atoms with Gasteiger partial charge in [0.15, 0.2) is 11.5 Å². The lowest BCUT2D eigenvalue weighted by Gasteiger charge is -2.32. The summed E-state index contributed by atoms with van der Waals surface area (Å²) >= 11 is 0. The van der Waals surface area contributed by atoms with Crippen molar-refractivity contribution in [3.8, 4) is 11.5 Å². The van der Waals surface area contributed by atoms with Crippen LogP contribution in [0, 0.1) is 0 Å². The largest absolute Gasteiger partial charge is 0.454 e. The molecule has 0 bridgehead atoms. The van der Waals surface area contributed by atoms with Gasteiger partial charge in [0.1, 0.15) is 0 Å². The fourth-order valence-corrected chi connectivity index (χ4v) is 3.19. The van der Waals surface area contributed by atoms with Gasteiger partial charge in [0.2, 0.25) is 6.79 Å². The summed E-state index contributed by atoms with van der Waals surface area (Å²) in [5.74, 6) is 1.37. The normalized spacial score (nSPS) is 16.5. The van der Waals surface area contributed by atoms with Crippen molar-refractivity contribution in [3.63, 3.8) is 0 Å². The predicted octanol–water partition coefficient (Wildman–Crippen LogP) is 3.63. The molecule has 6 nitrogen and oxygen atoms in total. The molecule has 6 heteroatoms. The Morgan fingerprint density at radius 1 is 1.08 bits per heavy atom. The van der Waals surface area contributed by atoms with Crippen molar-refractivity contribution in [1.29, 1.82) is 0 Å². The van der Waals surface area contributed by atoms with Gasteiger partial charge in [0.25, 0.3) is 0 Å². The van der Waals surface area contributed by atoms with Crippen molar-refractivity contribution in [1.82, 2.24) is 4.90 Å². The third kappa shape index (κ3) is 3.91. The second-order valence-electron chi connectivity index (χ2n) is 6.48. The summed E-state index contributed by atoms with van der Waals surface area (Å²) in [5, 5.41) is 2.92. The van der Waals surface area contributed by atoms with Crippen LogP contribution in [0.1, 0.15) is 18.4 Å². The highest BCUT2D eigenvalue weighted by Gasteiger charge is 2.24. The Balaban J connectivity index is 1.24. The van der Waals surface area contributed by atoms with Crippen LogP contribution in [0.25, 0.3) is 0 Å². The first-order valence-electron chi connectivity index (χ1n) is 8.89. The van der Waals surface area contributed by atoms with E-state index in [2.05, 4.69) is 17.4 Å². The van der Waals surface area contributed by atoms with Gasteiger partial charge in [0.05, 0.1) is 12.7 Å². The van der Waals surface area contributed by atoms with Crippen LogP contribution in [0.3, 0.4) is 0 Å². The van der Waals surface area contributed by atoms with E-state index in [-0.39, 0.29) is 18.9 Å². The zero-order valence-corrected chi connectivity index (χ0v) is 14.5. The molecule has 2 aliphatic rings. The molecule has 1 N–H and O–H groups in total. The van der Waals surface area contributed by atoms with Gasteiger partial charge >= 0.3 is 6.03 Å². The average Bonchev–Trinajstić information content (AvgIpc) is 3.15. The molecular weight excluding hydrogens is 332 g/mol. The number of nitrogens with zero attached hydrogens (tertiary/aromatic N) is 1. The number of carbonyl (C=O) groups is 1. The molecule has 0 spiro atoms. The van der Waals surface area contributed by atoms with Crippen molar-refractivity contribution in [3.05, 3.63) is 54.1 Å². The Morgan fingerprint density at radius 2 is 1.85 bits per heavy atom. The van der Waals surface area contributed by atoms with E-state index in [1.807, 2.05) is 35.2 Å². The quantitative estimate of drug-likeness (QED) is 0.911. The number of urea groups is 1. The summed E-state index contributed by atoms with van der Waals surface area (Å²) in [5.41, 5.74) is 1.89. The van der Waals surface area contributed by atoms with Crippen molar-refractivity contribution in [2.75, 3.05) is 25.2 Å². The van der Waals surface area contributed by atoms with Crippen LogP contribution in [0.5, 0.6) is 11.5 Å². The molecule has 0 atom stereocenters. The molecule has 0 aliphatic carbocycles. The Kier molecular flexibility index (Phi) is 4.93. The molecule has 2 aliphatic heterocycles. The van der Waals surface area contributed by atoms with E-state index in [1.54, 1.807) is 6.07 Å². The Bertz CT molecular complexity index is 758.